The lowest BCUT2D eigenvalue weighted by molar-refractivity contribution is 0.103. The molecule has 0 unspecified atom stereocenters. The molecule has 0 saturated heterocycles. The molecule has 0 saturated carbocycles. The van der Waals surface area contributed by atoms with E-state index in [2.05, 4.69) is 4.98 Å². The van der Waals surface area contributed by atoms with E-state index >= 15 is 0 Å². The second kappa shape index (κ2) is 4.53. The highest BCUT2D eigenvalue weighted by molar-refractivity contribution is 7.14. The Labute approximate surface area is 107 Å². The predicted octanol–water partition coefficient (Wildman–Crippen LogP) is 3.99. The van der Waals surface area contributed by atoms with Crippen molar-refractivity contribution in [2.45, 2.75) is 6.92 Å². The summed E-state index contributed by atoms with van der Waals surface area (Å²) in [5, 5.41) is 0.701. The first kappa shape index (κ1) is 11.6. The van der Waals surface area contributed by atoms with E-state index in [1.54, 1.807) is 6.07 Å². The number of rotatable bonds is 2. The molecule has 0 radical (unpaired) electrons. The number of aryl methyl sites for hydroxylation is 1. The molecule has 5 heteroatoms. The molecule has 2 nitrogen and oxygen atoms in total. The normalized spacial score (nSPS) is 10.4. The Kier molecular flexibility index (Phi) is 3.28. The Balaban J connectivity index is 2.41. The fourth-order valence-corrected chi connectivity index (χ4v) is 2.53. The van der Waals surface area contributed by atoms with Crippen LogP contribution in [0.4, 0.5) is 0 Å². The minimum absolute atomic E-state index is 0.167. The molecular formula is C11H7Cl2NOS. The highest BCUT2D eigenvalue weighted by atomic mass is 35.5. The number of aromatic nitrogens is 1. The van der Waals surface area contributed by atoms with Gasteiger partial charge < -0.3 is 0 Å². The van der Waals surface area contributed by atoms with Gasteiger partial charge in [0, 0.05) is 11.1 Å². The van der Waals surface area contributed by atoms with E-state index in [1.165, 1.54) is 23.6 Å². The minimum Gasteiger partial charge on any atom is -0.286 e. The Hall–Kier alpha value is -0.900. The van der Waals surface area contributed by atoms with Crippen molar-refractivity contribution in [1.82, 2.24) is 4.98 Å². The molecule has 0 spiro atoms. The number of hydrogen-bond donors (Lipinski definition) is 0. The topological polar surface area (TPSA) is 30.0 Å². The van der Waals surface area contributed by atoms with E-state index in [0.717, 1.165) is 4.88 Å². The molecule has 0 aliphatic heterocycles. The number of pyridine rings is 1. The van der Waals surface area contributed by atoms with Gasteiger partial charge in [0.05, 0.1) is 14.9 Å². The summed E-state index contributed by atoms with van der Waals surface area (Å²) in [7, 11) is 0. The molecule has 0 bridgehead atoms. The second-order valence-electron chi connectivity index (χ2n) is 3.22. The van der Waals surface area contributed by atoms with Gasteiger partial charge in [0.1, 0.15) is 5.69 Å². The number of nitrogens with zero attached hydrogens (tertiary/aromatic N) is 1. The number of hydrogen-bond acceptors (Lipinski definition) is 3. The first-order chi connectivity index (χ1) is 7.58. The summed E-state index contributed by atoms with van der Waals surface area (Å²) in [5.41, 5.74) is 0.243. The lowest BCUT2D eigenvalue weighted by atomic mass is 10.2. The summed E-state index contributed by atoms with van der Waals surface area (Å²) in [5.74, 6) is -0.167. The van der Waals surface area contributed by atoms with Crippen molar-refractivity contribution < 1.29 is 4.79 Å². The number of thiophene rings is 1. The molecule has 0 aliphatic rings. The average molecular weight is 272 g/mol. The number of carbonyl (C=O) groups excluding carboxylic acids is 1. The van der Waals surface area contributed by atoms with Gasteiger partial charge in [-0.05, 0) is 25.1 Å². The second-order valence-corrected chi connectivity index (χ2v) is 5.35. The lowest BCUT2D eigenvalue weighted by Crippen LogP contribution is -2.02. The smallest absolute Gasteiger partial charge is 0.222 e. The molecule has 2 heterocycles. The van der Waals surface area contributed by atoms with Gasteiger partial charge in [0.15, 0.2) is 0 Å². The lowest BCUT2D eigenvalue weighted by Gasteiger charge is -2.00. The Morgan fingerprint density at radius 2 is 2.12 bits per heavy atom. The number of halogens is 2. The van der Waals surface area contributed by atoms with E-state index in [9.17, 15) is 4.79 Å². The molecule has 2 aromatic heterocycles. The third-order valence-electron chi connectivity index (χ3n) is 1.99. The predicted molar refractivity (Wildman–Crippen MR) is 66.7 cm³/mol. The van der Waals surface area contributed by atoms with Crippen molar-refractivity contribution in [3.05, 3.63) is 49.9 Å². The third-order valence-corrected chi connectivity index (χ3v) is 3.48. The molecule has 2 aromatic rings. The van der Waals surface area contributed by atoms with Crippen LogP contribution in [0.5, 0.6) is 0 Å². The maximum atomic E-state index is 12.0. The van der Waals surface area contributed by atoms with Crippen LogP contribution in [0.25, 0.3) is 0 Å². The number of carbonyl (C=O) groups is 1. The highest BCUT2D eigenvalue weighted by Gasteiger charge is 2.16. The summed E-state index contributed by atoms with van der Waals surface area (Å²) in [6.07, 6.45) is 1.42. The molecule has 0 atom stereocenters. The molecule has 0 fully saturated rings. The third kappa shape index (κ3) is 2.26. The first-order valence-electron chi connectivity index (χ1n) is 4.50. The zero-order valence-electron chi connectivity index (χ0n) is 8.33. The van der Waals surface area contributed by atoms with Crippen molar-refractivity contribution >= 4 is 40.3 Å². The molecule has 0 aliphatic carbocycles. The van der Waals surface area contributed by atoms with Crippen LogP contribution in [0.3, 0.4) is 0 Å². The van der Waals surface area contributed by atoms with Crippen LogP contribution in [-0.2, 0) is 0 Å². The zero-order valence-corrected chi connectivity index (χ0v) is 10.7. The Bertz CT molecular complexity index is 551. The number of ketones is 1. The van der Waals surface area contributed by atoms with Crippen LogP contribution >= 0.6 is 34.5 Å². The van der Waals surface area contributed by atoms with Gasteiger partial charge in [-0.25, -0.2) is 4.98 Å². The van der Waals surface area contributed by atoms with Crippen LogP contribution in [0.15, 0.2) is 24.4 Å². The average Bonchev–Trinajstić information content (AvgIpc) is 2.64. The van der Waals surface area contributed by atoms with E-state index in [1.807, 2.05) is 13.0 Å². The monoisotopic (exact) mass is 271 g/mol. The summed E-state index contributed by atoms with van der Waals surface area (Å²) in [4.78, 5) is 17.7. The van der Waals surface area contributed by atoms with Crippen molar-refractivity contribution in [2.75, 3.05) is 0 Å². The fourth-order valence-electron chi connectivity index (χ4n) is 1.25. The van der Waals surface area contributed by atoms with Gasteiger partial charge in [-0.1, -0.05) is 23.2 Å². The maximum absolute atomic E-state index is 12.0. The summed E-state index contributed by atoms with van der Waals surface area (Å²) >= 11 is 13.1. The first-order valence-corrected chi connectivity index (χ1v) is 6.07. The largest absolute Gasteiger partial charge is 0.286 e. The van der Waals surface area contributed by atoms with E-state index < -0.39 is 0 Å². The summed E-state index contributed by atoms with van der Waals surface area (Å²) < 4.78 is 0. The quantitative estimate of drug-likeness (QED) is 0.774. The summed E-state index contributed by atoms with van der Waals surface area (Å²) in [6, 6.07) is 5.18. The van der Waals surface area contributed by atoms with E-state index in [-0.39, 0.29) is 16.5 Å². The van der Waals surface area contributed by atoms with Crippen LogP contribution in [0, 0.1) is 6.92 Å². The highest BCUT2D eigenvalue weighted by Crippen LogP contribution is 2.24. The van der Waals surface area contributed by atoms with E-state index in [0.29, 0.717) is 9.90 Å². The molecule has 2 rings (SSSR count). The van der Waals surface area contributed by atoms with Crippen LogP contribution < -0.4 is 0 Å². The van der Waals surface area contributed by atoms with Gasteiger partial charge in [-0.15, -0.1) is 11.3 Å². The van der Waals surface area contributed by atoms with Crippen molar-refractivity contribution in [2.24, 2.45) is 0 Å². The van der Waals surface area contributed by atoms with Crippen LogP contribution in [0.2, 0.25) is 10.0 Å². The minimum atomic E-state index is -0.167. The van der Waals surface area contributed by atoms with Crippen molar-refractivity contribution in [1.29, 1.82) is 0 Å². The maximum Gasteiger partial charge on any atom is 0.222 e. The van der Waals surface area contributed by atoms with Crippen molar-refractivity contribution in [3.8, 4) is 0 Å². The van der Waals surface area contributed by atoms with Gasteiger partial charge in [0.2, 0.25) is 5.78 Å². The molecule has 82 valence electrons. The molecule has 0 aromatic carbocycles. The molecular weight excluding hydrogens is 265 g/mol. The Morgan fingerprint density at radius 1 is 1.38 bits per heavy atom. The fraction of sp³-hybridized carbons (Fsp3) is 0.0909. The van der Waals surface area contributed by atoms with Crippen LogP contribution in [0.1, 0.15) is 20.2 Å². The van der Waals surface area contributed by atoms with Gasteiger partial charge in [0.25, 0.3) is 0 Å². The molecule has 0 amide bonds. The van der Waals surface area contributed by atoms with Crippen molar-refractivity contribution in [3.63, 3.8) is 0 Å². The SMILES string of the molecule is Cc1ccc(C(=O)c2ncc(Cl)cc2Cl)s1. The van der Waals surface area contributed by atoms with Gasteiger partial charge >= 0.3 is 0 Å². The van der Waals surface area contributed by atoms with E-state index in [4.69, 9.17) is 23.2 Å². The van der Waals surface area contributed by atoms with Crippen LogP contribution in [-0.4, -0.2) is 10.8 Å². The van der Waals surface area contributed by atoms with Gasteiger partial charge in [-0.3, -0.25) is 4.79 Å². The van der Waals surface area contributed by atoms with Gasteiger partial charge in [-0.2, -0.15) is 0 Å². The Morgan fingerprint density at radius 3 is 2.69 bits per heavy atom. The molecule has 0 N–H and O–H groups in total. The standard InChI is InChI=1S/C11H7Cl2NOS/c1-6-2-3-9(16-6)11(15)10-8(13)4-7(12)5-14-10/h2-5H,1H3. The molecule has 16 heavy (non-hydrogen) atoms. The zero-order chi connectivity index (χ0) is 11.7. The summed E-state index contributed by atoms with van der Waals surface area (Å²) in [6.45, 7) is 1.94.